The van der Waals surface area contributed by atoms with Gasteiger partial charge >= 0.3 is 0 Å². The van der Waals surface area contributed by atoms with E-state index in [4.69, 9.17) is 0 Å². The number of anilines is 1. The van der Waals surface area contributed by atoms with E-state index in [1.807, 2.05) is 49.6 Å². The fourth-order valence-corrected chi connectivity index (χ4v) is 4.55. The number of thioether (sulfide) groups is 1. The minimum Gasteiger partial charge on any atom is -0.310 e. The van der Waals surface area contributed by atoms with E-state index >= 15 is 0 Å². The van der Waals surface area contributed by atoms with Gasteiger partial charge in [0.2, 0.25) is 5.91 Å². The van der Waals surface area contributed by atoms with Gasteiger partial charge in [0.05, 0.1) is 17.1 Å². The summed E-state index contributed by atoms with van der Waals surface area (Å²) in [6.45, 7) is 10.2. The lowest BCUT2D eigenvalue weighted by Gasteiger charge is -2.18. The number of amides is 1. The molecular formula is C25H29N7OS. The molecule has 9 heteroatoms. The van der Waals surface area contributed by atoms with Gasteiger partial charge in [0.15, 0.2) is 11.0 Å². The van der Waals surface area contributed by atoms with Crippen LogP contribution in [0.5, 0.6) is 0 Å². The highest BCUT2D eigenvalue weighted by molar-refractivity contribution is 8.00. The number of nitrogens with one attached hydrogen (secondary N) is 1. The number of carbonyl (C=O) groups excluding carboxylic acids is 1. The molecule has 0 aliphatic carbocycles. The Morgan fingerprint density at radius 3 is 2.47 bits per heavy atom. The van der Waals surface area contributed by atoms with Crippen LogP contribution in [0.2, 0.25) is 0 Å². The third-order valence-corrected chi connectivity index (χ3v) is 6.46. The molecular weight excluding hydrogens is 446 g/mol. The van der Waals surface area contributed by atoms with Crippen molar-refractivity contribution in [3.05, 3.63) is 66.6 Å². The smallest absolute Gasteiger partial charge is 0.238 e. The van der Waals surface area contributed by atoms with Crippen LogP contribution in [0.15, 0.2) is 66.2 Å². The average Bonchev–Trinajstić information content (AvgIpc) is 3.46. The monoisotopic (exact) mass is 475 g/mol. The molecule has 1 amide bonds. The van der Waals surface area contributed by atoms with Gasteiger partial charge in [-0.25, -0.2) is 4.68 Å². The van der Waals surface area contributed by atoms with E-state index in [0.29, 0.717) is 22.7 Å². The van der Waals surface area contributed by atoms with Gasteiger partial charge in [0.25, 0.3) is 0 Å². The molecule has 1 unspecified atom stereocenters. The number of rotatable bonds is 8. The van der Waals surface area contributed by atoms with Crippen LogP contribution in [0.25, 0.3) is 17.1 Å². The topological polar surface area (TPSA) is 90.5 Å². The van der Waals surface area contributed by atoms with Crippen molar-refractivity contribution in [2.45, 2.75) is 57.0 Å². The molecule has 3 heterocycles. The first kappa shape index (κ1) is 23.7. The first-order valence-corrected chi connectivity index (χ1v) is 12.2. The van der Waals surface area contributed by atoms with Crippen molar-refractivity contribution in [1.29, 1.82) is 0 Å². The molecule has 8 nitrogen and oxygen atoms in total. The molecule has 3 aromatic heterocycles. The van der Waals surface area contributed by atoms with E-state index < -0.39 is 5.25 Å². The first-order valence-electron chi connectivity index (χ1n) is 11.3. The summed E-state index contributed by atoms with van der Waals surface area (Å²) in [6, 6.07) is 14.0. The van der Waals surface area contributed by atoms with Gasteiger partial charge in [-0.05, 0) is 50.5 Å². The van der Waals surface area contributed by atoms with Gasteiger partial charge in [-0.2, -0.15) is 5.10 Å². The van der Waals surface area contributed by atoms with Crippen LogP contribution >= 0.6 is 11.8 Å². The van der Waals surface area contributed by atoms with E-state index in [-0.39, 0.29) is 11.9 Å². The molecule has 0 saturated heterocycles. The Labute approximate surface area is 203 Å². The molecule has 1 aromatic carbocycles. The number of hydrogen-bond acceptors (Lipinski definition) is 6. The largest absolute Gasteiger partial charge is 0.310 e. The summed E-state index contributed by atoms with van der Waals surface area (Å²) >= 11 is 1.37. The molecule has 0 aliphatic heterocycles. The molecule has 176 valence electrons. The predicted molar refractivity (Wildman–Crippen MR) is 135 cm³/mol. The molecule has 0 spiro atoms. The van der Waals surface area contributed by atoms with E-state index in [1.165, 1.54) is 17.3 Å². The molecule has 4 aromatic rings. The van der Waals surface area contributed by atoms with Crippen molar-refractivity contribution >= 4 is 23.5 Å². The fourth-order valence-electron chi connectivity index (χ4n) is 3.69. The van der Waals surface area contributed by atoms with Gasteiger partial charge in [-0.3, -0.25) is 14.3 Å². The first-order chi connectivity index (χ1) is 16.4. The van der Waals surface area contributed by atoms with Crippen LogP contribution in [0.3, 0.4) is 0 Å². The summed E-state index contributed by atoms with van der Waals surface area (Å²) in [4.78, 5) is 17.3. The minimum atomic E-state index is -0.411. The van der Waals surface area contributed by atoms with Crippen molar-refractivity contribution in [3.63, 3.8) is 0 Å². The van der Waals surface area contributed by atoms with Gasteiger partial charge in [-0.15, -0.1) is 10.2 Å². The number of pyridine rings is 1. The number of aromatic nitrogens is 6. The fraction of sp³-hybridized carbons (Fsp3) is 0.320. The third kappa shape index (κ3) is 4.89. The number of hydrogen-bond donors (Lipinski definition) is 1. The van der Waals surface area contributed by atoms with E-state index in [1.54, 1.807) is 29.3 Å². The van der Waals surface area contributed by atoms with Crippen molar-refractivity contribution < 1.29 is 4.79 Å². The second-order valence-electron chi connectivity index (χ2n) is 8.60. The number of para-hydroxylation sites is 1. The third-order valence-electron chi connectivity index (χ3n) is 5.41. The van der Waals surface area contributed by atoms with Crippen LogP contribution in [-0.4, -0.2) is 40.7 Å². The van der Waals surface area contributed by atoms with Crippen molar-refractivity contribution in [2.75, 3.05) is 5.32 Å². The summed E-state index contributed by atoms with van der Waals surface area (Å²) in [5.74, 6) is 1.54. The van der Waals surface area contributed by atoms with E-state index in [9.17, 15) is 4.79 Å². The van der Waals surface area contributed by atoms with Crippen molar-refractivity contribution in [3.8, 4) is 17.1 Å². The normalized spacial score (nSPS) is 12.3. The summed E-state index contributed by atoms with van der Waals surface area (Å²) in [5, 5.41) is 16.5. The quantitative estimate of drug-likeness (QED) is 0.346. The van der Waals surface area contributed by atoms with Crippen LogP contribution in [0, 0.1) is 0 Å². The average molecular weight is 476 g/mol. The van der Waals surface area contributed by atoms with Crippen LogP contribution in [0.1, 0.15) is 52.1 Å². The molecule has 0 saturated carbocycles. The number of benzene rings is 1. The minimum absolute atomic E-state index is 0.123. The Hall–Kier alpha value is -3.46. The highest BCUT2D eigenvalue weighted by Gasteiger charge is 2.24. The van der Waals surface area contributed by atoms with Gasteiger partial charge in [0.1, 0.15) is 5.82 Å². The molecule has 0 fully saturated rings. The Morgan fingerprint density at radius 1 is 0.971 bits per heavy atom. The van der Waals surface area contributed by atoms with Crippen LogP contribution < -0.4 is 5.32 Å². The molecule has 34 heavy (non-hydrogen) atoms. The maximum atomic E-state index is 13.0. The molecule has 1 atom stereocenters. The standard InChI is InChI=1S/C25H29N7OS/c1-16(2)20-10-6-7-11-21(20)31-23(19-9-8-13-26-15-19)29-30-25(31)34-18(5)24(33)28-22-12-14-27-32(22)17(3)4/h6-18H,1-5H3,(H,28,33). The lowest BCUT2D eigenvalue weighted by atomic mass is 10.0. The Balaban J connectivity index is 1.69. The summed E-state index contributed by atoms with van der Waals surface area (Å²) in [6.07, 6.45) is 5.19. The van der Waals surface area contributed by atoms with E-state index in [0.717, 1.165) is 11.3 Å². The lowest BCUT2D eigenvalue weighted by molar-refractivity contribution is -0.115. The second kappa shape index (κ2) is 10.2. The highest BCUT2D eigenvalue weighted by Crippen LogP contribution is 2.33. The summed E-state index contributed by atoms with van der Waals surface area (Å²) in [7, 11) is 0. The Kier molecular flexibility index (Phi) is 7.12. The van der Waals surface area contributed by atoms with Gasteiger partial charge in [0, 0.05) is 30.1 Å². The van der Waals surface area contributed by atoms with Gasteiger partial charge in [-0.1, -0.05) is 43.8 Å². The Morgan fingerprint density at radius 2 is 1.76 bits per heavy atom. The molecule has 1 N–H and O–H groups in total. The second-order valence-corrected chi connectivity index (χ2v) is 9.91. The van der Waals surface area contributed by atoms with Crippen LogP contribution in [0.4, 0.5) is 5.82 Å². The molecule has 0 aliphatic rings. The zero-order chi connectivity index (χ0) is 24.2. The Bertz CT molecular complexity index is 1260. The molecule has 0 radical (unpaired) electrons. The molecule has 0 bridgehead atoms. The number of carbonyl (C=O) groups is 1. The maximum Gasteiger partial charge on any atom is 0.238 e. The van der Waals surface area contributed by atoms with Crippen molar-refractivity contribution in [2.24, 2.45) is 0 Å². The highest BCUT2D eigenvalue weighted by atomic mass is 32.2. The molecule has 4 rings (SSSR count). The SMILES string of the molecule is CC(Sc1nnc(-c2cccnc2)n1-c1ccccc1C(C)C)C(=O)Nc1ccnn1C(C)C. The van der Waals surface area contributed by atoms with Crippen LogP contribution in [-0.2, 0) is 4.79 Å². The summed E-state index contributed by atoms with van der Waals surface area (Å²) < 4.78 is 3.82. The maximum absolute atomic E-state index is 13.0. The zero-order valence-electron chi connectivity index (χ0n) is 20.0. The van der Waals surface area contributed by atoms with E-state index in [2.05, 4.69) is 51.6 Å². The number of nitrogens with zero attached hydrogens (tertiary/aromatic N) is 6. The van der Waals surface area contributed by atoms with Crippen molar-refractivity contribution in [1.82, 2.24) is 29.5 Å². The zero-order valence-corrected chi connectivity index (χ0v) is 20.8. The predicted octanol–water partition coefficient (Wildman–Crippen LogP) is 5.35. The van der Waals surface area contributed by atoms with Gasteiger partial charge < -0.3 is 5.32 Å². The lowest BCUT2D eigenvalue weighted by Crippen LogP contribution is -2.25. The summed E-state index contributed by atoms with van der Waals surface area (Å²) in [5.41, 5.74) is 3.03.